The van der Waals surface area contributed by atoms with Gasteiger partial charge in [0, 0.05) is 6.54 Å². The molecule has 0 aliphatic carbocycles. The Labute approximate surface area is 93.4 Å². The first-order valence-corrected chi connectivity index (χ1v) is 5.42. The minimum Gasteiger partial charge on any atom is -0.348 e. The van der Waals surface area contributed by atoms with Crippen LogP contribution < -0.4 is 10.6 Å². The van der Waals surface area contributed by atoms with E-state index in [2.05, 4.69) is 31.3 Å². The highest BCUT2D eigenvalue weighted by Gasteiger charge is 2.34. The predicted molar refractivity (Wildman–Crippen MR) is 56.2 cm³/mol. The number of hydrogen-bond acceptors (Lipinski definition) is 5. The van der Waals surface area contributed by atoms with Gasteiger partial charge in [0.15, 0.2) is 5.82 Å². The standard InChI is InChI=1S/C9H16N6O/c1-9(3-2-4-10-6-9)8(16)11-5-7-12-14-15-13-7/h10H,2-6H2,1H3,(H,11,16)(H,12,13,14,15). The van der Waals surface area contributed by atoms with Gasteiger partial charge in [-0.25, -0.2) is 0 Å². The lowest BCUT2D eigenvalue weighted by atomic mass is 9.82. The molecule has 88 valence electrons. The lowest BCUT2D eigenvalue weighted by Crippen LogP contribution is -2.48. The summed E-state index contributed by atoms with van der Waals surface area (Å²) in [6.45, 7) is 4.02. The maximum Gasteiger partial charge on any atom is 0.227 e. The van der Waals surface area contributed by atoms with E-state index in [0.717, 1.165) is 25.9 Å². The maximum absolute atomic E-state index is 12.0. The highest BCUT2D eigenvalue weighted by molar-refractivity contribution is 5.82. The Kier molecular flexibility index (Phi) is 3.14. The minimum absolute atomic E-state index is 0.0458. The van der Waals surface area contributed by atoms with E-state index in [1.807, 2.05) is 6.92 Å². The normalized spacial score (nSPS) is 25.3. The molecule has 0 spiro atoms. The average molecular weight is 224 g/mol. The molecule has 1 atom stereocenters. The summed E-state index contributed by atoms with van der Waals surface area (Å²) in [5, 5.41) is 19.4. The van der Waals surface area contributed by atoms with Gasteiger partial charge in [-0.3, -0.25) is 4.79 Å². The Morgan fingerprint density at radius 1 is 1.62 bits per heavy atom. The molecule has 1 aromatic heterocycles. The molecule has 7 nitrogen and oxygen atoms in total. The van der Waals surface area contributed by atoms with E-state index < -0.39 is 0 Å². The summed E-state index contributed by atoms with van der Waals surface area (Å²) >= 11 is 0. The van der Waals surface area contributed by atoms with E-state index in [1.54, 1.807) is 0 Å². The molecule has 16 heavy (non-hydrogen) atoms. The van der Waals surface area contributed by atoms with Crippen LogP contribution in [0.3, 0.4) is 0 Å². The number of H-pyrrole nitrogens is 1. The Balaban J connectivity index is 1.87. The second kappa shape index (κ2) is 4.56. The zero-order valence-corrected chi connectivity index (χ0v) is 9.29. The molecule has 1 aliphatic heterocycles. The van der Waals surface area contributed by atoms with E-state index in [4.69, 9.17) is 0 Å². The van der Waals surface area contributed by atoms with Crippen molar-refractivity contribution >= 4 is 5.91 Å². The number of nitrogens with one attached hydrogen (secondary N) is 3. The summed E-state index contributed by atoms with van der Waals surface area (Å²) < 4.78 is 0. The Bertz CT molecular complexity index is 343. The van der Waals surface area contributed by atoms with Crippen molar-refractivity contribution in [2.24, 2.45) is 5.41 Å². The SMILES string of the molecule is CC1(C(=O)NCc2nn[nH]n2)CCCNC1. The smallest absolute Gasteiger partial charge is 0.227 e. The molecule has 0 bridgehead atoms. The fourth-order valence-electron chi connectivity index (χ4n) is 1.88. The van der Waals surface area contributed by atoms with Gasteiger partial charge in [-0.05, 0) is 26.3 Å². The summed E-state index contributed by atoms with van der Waals surface area (Å²) in [4.78, 5) is 12.0. The van der Waals surface area contributed by atoms with Crippen molar-refractivity contribution in [2.75, 3.05) is 13.1 Å². The van der Waals surface area contributed by atoms with E-state index in [9.17, 15) is 4.79 Å². The molecular weight excluding hydrogens is 208 g/mol. The van der Waals surface area contributed by atoms with Crippen LogP contribution in [-0.2, 0) is 11.3 Å². The summed E-state index contributed by atoms with van der Waals surface area (Å²) in [6, 6.07) is 0. The van der Waals surface area contributed by atoms with Crippen LogP contribution in [0.25, 0.3) is 0 Å². The molecular formula is C9H16N6O. The van der Waals surface area contributed by atoms with Crippen LogP contribution in [0, 0.1) is 5.41 Å². The average Bonchev–Trinajstić information content (AvgIpc) is 2.79. The fraction of sp³-hybridized carbons (Fsp3) is 0.778. The summed E-state index contributed by atoms with van der Waals surface area (Å²) in [6.07, 6.45) is 1.95. The summed E-state index contributed by atoms with van der Waals surface area (Å²) in [7, 11) is 0. The minimum atomic E-state index is -0.317. The monoisotopic (exact) mass is 224 g/mol. The largest absolute Gasteiger partial charge is 0.348 e. The molecule has 1 amide bonds. The molecule has 7 heteroatoms. The Morgan fingerprint density at radius 2 is 2.50 bits per heavy atom. The van der Waals surface area contributed by atoms with Gasteiger partial charge in [0.05, 0.1) is 12.0 Å². The van der Waals surface area contributed by atoms with Crippen molar-refractivity contribution < 1.29 is 4.79 Å². The van der Waals surface area contributed by atoms with Crippen LogP contribution in [0.1, 0.15) is 25.6 Å². The van der Waals surface area contributed by atoms with Crippen LogP contribution in [0.2, 0.25) is 0 Å². The molecule has 0 radical (unpaired) electrons. The molecule has 1 saturated heterocycles. The van der Waals surface area contributed by atoms with E-state index in [0.29, 0.717) is 12.4 Å². The van der Waals surface area contributed by atoms with E-state index in [1.165, 1.54) is 0 Å². The number of aromatic nitrogens is 4. The number of piperidine rings is 1. The number of tetrazole rings is 1. The van der Waals surface area contributed by atoms with Gasteiger partial charge in [-0.1, -0.05) is 5.21 Å². The third-order valence-electron chi connectivity index (χ3n) is 2.94. The Hall–Kier alpha value is -1.50. The van der Waals surface area contributed by atoms with Crippen LogP contribution >= 0.6 is 0 Å². The zero-order chi connectivity index (χ0) is 11.4. The van der Waals surface area contributed by atoms with Gasteiger partial charge in [0.1, 0.15) is 0 Å². The first-order valence-electron chi connectivity index (χ1n) is 5.42. The van der Waals surface area contributed by atoms with Crippen molar-refractivity contribution in [1.29, 1.82) is 0 Å². The van der Waals surface area contributed by atoms with Gasteiger partial charge in [0.2, 0.25) is 5.91 Å². The van der Waals surface area contributed by atoms with Crippen LogP contribution in [0.5, 0.6) is 0 Å². The highest BCUT2D eigenvalue weighted by Crippen LogP contribution is 2.25. The molecule has 1 fully saturated rings. The third kappa shape index (κ3) is 2.35. The fourth-order valence-corrected chi connectivity index (χ4v) is 1.88. The number of rotatable bonds is 3. The van der Waals surface area contributed by atoms with Crippen molar-refractivity contribution in [3.63, 3.8) is 0 Å². The highest BCUT2D eigenvalue weighted by atomic mass is 16.2. The molecule has 0 saturated carbocycles. The number of aromatic amines is 1. The molecule has 2 rings (SSSR count). The Morgan fingerprint density at radius 3 is 3.12 bits per heavy atom. The van der Waals surface area contributed by atoms with Crippen LogP contribution in [0.15, 0.2) is 0 Å². The molecule has 3 N–H and O–H groups in total. The first-order chi connectivity index (χ1) is 7.71. The molecule has 0 aromatic carbocycles. The van der Waals surface area contributed by atoms with Crippen LogP contribution in [-0.4, -0.2) is 39.6 Å². The van der Waals surface area contributed by atoms with Gasteiger partial charge in [-0.2, -0.15) is 5.21 Å². The maximum atomic E-state index is 12.0. The quantitative estimate of drug-likeness (QED) is 0.625. The predicted octanol–water partition coefficient (Wildman–Crippen LogP) is -0.794. The molecule has 2 heterocycles. The summed E-state index contributed by atoms with van der Waals surface area (Å²) in [5.41, 5.74) is -0.317. The van der Waals surface area contributed by atoms with Crippen molar-refractivity contribution in [3.8, 4) is 0 Å². The third-order valence-corrected chi connectivity index (χ3v) is 2.94. The van der Waals surface area contributed by atoms with Crippen LogP contribution in [0.4, 0.5) is 0 Å². The number of hydrogen-bond donors (Lipinski definition) is 3. The lowest BCUT2D eigenvalue weighted by molar-refractivity contribution is -0.131. The van der Waals surface area contributed by atoms with E-state index in [-0.39, 0.29) is 11.3 Å². The topological polar surface area (TPSA) is 95.6 Å². The van der Waals surface area contributed by atoms with Gasteiger partial charge in [0.25, 0.3) is 0 Å². The number of carbonyl (C=O) groups is 1. The van der Waals surface area contributed by atoms with Gasteiger partial charge >= 0.3 is 0 Å². The van der Waals surface area contributed by atoms with Gasteiger partial charge < -0.3 is 10.6 Å². The molecule has 1 unspecified atom stereocenters. The lowest BCUT2D eigenvalue weighted by Gasteiger charge is -2.32. The number of amides is 1. The van der Waals surface area contributed by atoms with Crippen molar-refractivity contribution in [2.45, 2.75) is 26.3 Å². The zero-order valence-electron chi connectivity index (χ0n) is 9.29. The number of nitrogens with zero attached hydrogens (tertiary/aromatic N) is 3. The van der Waals surface area contributed by atoms with Crippen molar-refractivity contribution in [1.82, 2.24) is 31.3 Å². The van der Waals surface area contributed by atoms with Gasteiger partial charge in [-0.15, -0.1) is 10.2 Å². The van der Waals surface area contributed by atoms with Crippen molar-refractivity contribution in [3.05, 3.63) is 5.82 Å². The van der Waals surface area contributed by atoms with E-state index >= 15 is 0 Å². The second-order valence-corrected chi connectivity index (χ2v) is 4.35. The molecule has 1 aromatic rings. The number of carbonyl (C=O) groups excluding carboxylic acids is 1. The summed E-state index contributed by atoms with van der Waals surface area (Å²) in [5.74, 6) is 0.546. The second-order valence-electron chi connectivity index (χ2n) is 4.35. The molecule has 1 aliphatic rings. The first kappa shape index (κ1) is 11.0.